The van der Waals surface area contributed by atoms with Crippen LogP contribution in [0.4, 0.5) is 0 Å². The van der Waals surface area contributed by atoms with Gasteiger partial charge < -0.3 is 15.5 Å². The molecule has 0 bridgehead atoms. The number of hydrogen-bond acceptors (Lipinski definition) is 5. The van der Waals surface area contributed by atoms with Gasteiger partial charge in [0.25, 0.3) is 5.91 Å². The molecule has 0 heterocycles. The Kier molecular flexibility index (Phi) is 5.41. The number of carbonyl (C=O) groups is 2. The fourth-order valence-electron chi connectivity index (χ4n) is 1.44. The van der Waals surface area contributed by atoms with Gasteiger partial charge in [-0.2, -0.15) is 0 Å². The Morgan fingerprint density at radius 1 is 1.33 bits per heavy atom. The van der Waals surface area contributed by atoms with Crippen molar-refractivity contribution in [2.24, 2.45) is 0 Å². The molecule has 1 rings (SSSR count). The van der Waals surface area contributed by atoms with Gasteiger partial charge in [-0.25, -0.2) is 17.5 Å². The predicted molar refractivity (Wildman–Crippen MR) is 73.3 cm³/mol. The molecule has 1 aromatic carbocycles. The molecule has 0 aliphatic rings. The smallest absolute Gasteiger partial charge is 0.328 e. The SMILES string of the molecule is CN(C)S(=O)(=O)c1cccc(C(=O)N[C@H](CO)C(=O)O)c1. The lowest BCUT2D eigenvalue weighted by Gasteiger charge is -2.14. The van der Waals surface area contributed by atoms with E-state index in [1.165, 1.54) is 32.3 Å². The van der Waals surface area contributed by atoms with E-state index in [-0.39, 0.29) is 10.5 Å². The van der Waals surface area contributed by atoms with Crippen molar-refractivity contribution in [1.29, 1.82) is 0 Å². The molecular formula is C12H16N2O6S. The van der Waals surface area contributed by atoms with Crippen molar-refractivity contribution in [3.63, 3.8) is 0 Å². The molecule has 3 N–H and O–H groups in total. The van der Waals surface area contributed by atoms with Gasteiger partial charge in [0, 0.05) is 19.7 Å². The molecule has 0 unspecified atom stereocenters. The van der Waals surface area contributed by atoms with E-state index < -0.39 is 34.5 Å². The van der Waals surface area contributed by atoms with Gasteiger partial charge in [0.1, 0.15) is 0 Å². The van der Waals surface area contributed by atoms with Crippen LogP contribution in [0.2, 0.25) is 0 Å². The Bertz CT molecular complexity index is 641. The van der Waals surface area contributed by atoms with Gasteiger partial charge in [-0.05, 0) is 18.2 Å². The van der Waals surface area contributed by atoms with E-state index in [0.717, 1.165) is 10.4 Å². The second-order valence-corrected chi connectivity index (χ2v) is 6.51. The topological polar surface area (TPSA) is 124 Å². The van der Waals surface area contributed by atoms with Gasteiger partial charge in [-0.15, -0.1) is 0 Å². The van der Waals surface area contributed by atoms with Gasteiger partial charge >= 0.3 is 5.97 Å². The first-order chi connectivity index (χ1) is 9.70. The molecule has 0 spiro atoms. The number of carboxylic acids is 1. The maximum absolute atomic E-state index is 12.0. The van der Waals surface area contributed by atoms with Crippen LogP contribution in [0.15, 0.2) is 29.2 Å². The molecule has 1 amide bonds. The van der Waals surface area contributed by atoms with E-state index in [4.69, 9.17) is 10.2 Å². The van der Waals surface area contributed by atoms with Crippen LogP contribution in [0.3, 0.4) is 0 Å². The Labute approximate surface area is 122 Å². The Morgan fingerprint density at radius 3 is 2.43 bits per heavy atom. The van der Waals surface area contributed by atoms with Crippen molar-refractivity contribution in [1.82, 2.24) is 9.62 Å². The number of nitrogens with zero attached hydrogens (tertiary/aromatic N) is 1. The maximum atomic E-state index is 12.0. The Balaban J connectivity index is 3.06. The van der Waals surface area contributed by atoms with Crippen molar-refractivity contribution in [2.45, 2.75) is 10.9 Å². The number of rotatable bonds is 6. The molecule has 21 heavy (non-hydrogen) atoms. The van der Waals surface area contributed by atoms with Gasteiger partial charge in [-0.1, -0.05) is 6.07 Å². The fraction of sp³-hybridized carbons (Fsp3) is 0.333. The highest BCUT2D eigenvalue weighted by Crippen LogP contribution is 2.14. The standard InChI is InChI=1S/C12H16N2O6S/c1-14(2)21(19,20)9-5-3-4-8(6-9)11(16)13-10(7-15)12(17)18/h3-6,10,15H,7H2,1-2H3,(H,13,16)(H,17,18)/t10-/m1/s1. The summed E-state index contributed by atoms with van der Waals surface area (Å²) in [6.07, 6.45) is 0. The molecule has 9 heteroatoms. The molecule has 0 aromatic heterocycles. The molecule has 0 aliphatic carbocycles. The molecule has 0 radical (unpaired) electrons. The Morgan fingerprint density at radius 2 is 1.95 bits per heavy atom. The number of hydrogen-bond donors (Lipinski definition) is 3. The zero-order valence-corrected chi connectivity index (χ0v) is 12.3. The summed E-state index contributed by atoms with van der Waals surface area (Å²) in [6.45, 7) is -0.767. The summed E-state index contributed by atoms with van der Waals surface area (Å²) in [5.41, 5.74) is -0.0161. The zero-order chi connectivity index (χ0) is 16.2. The van der Waals surface area contributed by atoms with Crippen molar-refractivity contribution >= 4 is 21.9 Å². The number of carbonyl (C=O) groups excluding carboxylic acids is 1. The monoisotopic (exact) mass is 316 g/mol. The molecule has 1 atom stereocenters. The lowest BCUT2D eigenvalue weighted by Crippen LogP contribution is -2.43. The number of carboxylic acid groups (broad SMARTS) is 1. The van der Waals surface area contributed by atoms with Crippen LogP contribution in [-0.2, 0) is 14.8 Å². The number of aliphatic hydroxyl groups is 1. The molecule has 0 saturated heterocycles. The average Bonchev–Trinajstić information content (AvgIpc) is 2.44. The van der Waals surface area contributed by atoms with Gasteiger partial charge in [0.15, 0.2) is 6.04 Å². The van der Waals surface area contributed by atoms with Crippen LogP contribution in [0, 0.1) is 0 Å². The molecule has 0 aliphatic heterocycles. The summed E-state index contributed by atoms with van der Waals surface area (Å²) in [6, 6.07) is 3.74. The van der Waals surface area contributed by atoms with Crippen molar-refractivity contribution < 1.29 is 28.2 Å². The predicted octanol–water partition coefficient (Wildman–Crippen LogP) is -0.888. The van der Waals surface area contributed by atoms with Crippen molar-refractivity contribution in [3.8, 4) is 0 Å². The number of aliphatic carboxylic acids is 1. The third-order valence-corrected chi connectivity index (χ3v) is 4.47. The molecule has 8 nitrogen and oxygen atoms in total. The third-order valence-electron chi connectivity index (χ3n) is 2.66. The first-order valence-corrected chi connectivity index (χ1v) is 7.31. The first kappa shape index (κ1) is 17.1. The normalized spacial score (nSPS) is 13.0. The van der Waals surface area contributed by atoms with Crippen LogP contribution in [0.5, 0.6) is 0 Å². The van der Waals surface area contributed by atoms with E-state index in [0.29, 0.717) is 0 Å². The van der Waals surface area contributed by atoms with Gasteiger partial charge in [-0.3, -0.25) is 4.79 Å². The fourth-order valence-corrected chi connectivity index (χ4v) is 2.38. The summed E-state index contributed by atoms with van der Waals surface area (Å²) in [7, 11) is -0.985. The van der Waals surface area contributed by atoms with Crippen molar-refractivity contribution in [3.05, 3.63) is 29.8 Å². The second kappa shape index (κ2) is 6.66. The second-order valence-electron chi connectivity index (χ2n) is 4.36. The van der Waals surface area contributed by atoms with Gasteiger partial charge in [0.05, 0.1) is 11.5 Å². The third kappa shape index (κ3) is 4.00. The molecule has 116 valence electrons. The van der Waals surface area contributed by atoms with Crippen LogP contribution in [-0.4, -0.2) is 61.6 Å². The summed E-state index contributed by atoms with van der Waals surface area (Å²) in [4.78, 5) is 22.5. The number of aliphatic hydroxyl groups excluding tert-OH is 1. The van der Waals surface area contributed by atoms with Crippen LogP contribution in [0.1, 0.15) is 10.4 Å². The van der Waals surface area contributed by atoms with Crippen LogP contribution < -0.4 is 5.32 Å². The van der Waals surface area contributed by atoms with Crippen molar-refractivity contribution in [2.75, 3.05) is 20.7 Å². The number of benzene rings is 1. The summed E-state index contributed by atoms with van der Waals surface area (Å²) >= 11 is 0. The van der Waals surface area contributed by atoms with E-state index >= 15 is 0 Å². The van der Waals surface area contributed by atoms with Crippen LogP contribution >= 0.6 is 0 Å². The quantitative estimate of drug-likeness (QED) is 0.625. The largest absolute Gasteiger partial charge is 0.480 e. The van der Waals surface area contributed by atoms with E-state index in [9.17, 15) is 18.0 Å². The minimum absolute atomic E-state index is 0.0161. The number of amides is 1. The molecule has 1 aromatic rings. The Hall–Kier alpha value is -1.97. The highest BCUT2D eigenvalue weighted by atomic mass is 32.2. The van der Waals surface area contributed by atoms with Crippen LogP contribution in [0.25, 0.3) is 0 Å². The van der Waals surface area contributed by atoms with E-state index in [1.807, 2.05) is 0 Å². The highest BCUT2D eigenvalue weighted by Gasteiger charge is 2.22. The first-order valence-electron chi connectivity index (χ1n) is 5.87. The summed E-state index contributed by atoms with van der Waals surface area (Å²) < 4.78 is 24.9. The maximum Gasteiger partial charge on any atom is 0.328 e. The summed E-state index contributed by atoms with van der Waals surface area (Å²) in [5, 5.41) is 19.7. The highest BCUT2D eigenvalue weighted by molar-refractivity contribution is 7.89. The minimum atomic E-state index is -3.70. The molecule has 0 saturated carbocycles. The van der Waals surface area contributed by atoms with E-state index in [1.54, 1.807) is 0 Å². The average molecular weight is 316 g/mol. The number of nitrogens with one attached hydrogen (secondary N) is 1. The lowest BCUT2D eigenvalue weighted by molar-refractivity contribution is -0.140. The minimum Gasteiger partial charge on any atom is -0.480 e. The van der Waals surface area contributed by atoms with Gasteiger partial charge in [0.2, 0.25) is 10.0 Å². The molecular weight excluding hydrogens is 300 g/mol. The van der Waals surface area contributed by atoms with E-state index in [2.05, 4.69) is 5.32 Å². The zero-order valence-electron chi connectivity index (χ0n) is 11.5. The lowest BCUT2D eigenvalue weighted by atomic mass is 10.2. The number of sulfonamides is 1. The summed E-state index contributed by atoms with van der Waals surface area (Å²) in [5.74, 6) is -2.17. The molecule has 0 fully saturated rings.